The first-order valence-corrected chi connectivity index (χ1v) is 8.91. The van der Waals surface area contributed by atoms with Gasteiger partial charge < -0.3 is 31.9 Å². The fourth-order valence-electron chi connectivity index (χ4n) is 2.14. The van der Waals surface area contributed by atoms with E-state index in [1.807, 2.05) is 13.8 Å². The zero-order valence-corrected chi connectivity index (χ0v) is 16.5. The summed E-state index contributed by atoms with van der Waals surface area (Å²) in [7, 11) is 0. The van der Waals surface area contributed by atoms with Gasteiger partial charge in [0.2, 0.25) is 17.7 Å². The van der Waals surface area contributed by atoms with Gasteiger partial charge in [-0.25, -0.2) is 4.79 Å². The number of nitrogens with two attached hydrogens (primary N) is 1. The standard InChI is InChI=1S/C17H32N4O6/c1-8(2)6-11(15(24)21-12(7-22)17(26)27)20-14(23)10(5)19-16(25)13(18)9(3)4/h8-13,22H,6-7,18H2,1-5H3,(H,19,25)(H,20,23)(H,21,24)(H,26,27). The lowest BCUT2D eigenvalue weighted by molar-refractivity contribution is -0.143. The minimum absolute atomic E-state index is 0.0257. The minimum atomic E-state index is -1.47. The molecule has 0 spiro atoms. The van der Waals surface area contributed by atoms with E-state index in [9.17, 15) is 19.2 Å². The van der Waals surface area contributed by atoms with E-state index < -0.39 is 54.5 Å². The molecule has 0 radical (unpaired) electrons. The average Bonchev–Trinajstić information content (AvgIpc) is 2.56. The third-order valence-corrected chi connectivity index (χ3v) is 3.91. The smallest absolute Gasteiger partial charge is 0.328 e. The van der Waals surface area contributed by atoms with Crippen molar-refractivity contribution in [1.82, 2.24) is 16.0 Å². The molecule has 0 saturated heterocycles. The summed E-state index contributed by atoms with van der Waals surface area (Å²) < 4.78 is 0. The topological polar surface area (TPSA) is 171 Å². The van der Waals surface area contributed by atoms with Crippen LogP contribution < -0.4 is 21.7 Å². The maximum absolute atomic E-state index is 12.3. The highest BCUT2D eigenvalue weighted by Gasteiger charge is 2.29. The van der Waals surface area contributed by atoms with Crippen LogP contribution >= 0.6 is 0 Å². The highest BCUT2D eigenvalue weighted by atomic mass is 16.4. The second kappa shape index (κ2) is 11.5. The molecule has 0 bridgehead atoms. The average molecular weight is 388 g/mol. The monoisotopic (exact) mass is 388 g/mol. The molecule has 0 aliphatic carbocycles. The third-order valence-electron chi connectivity index (χ3n) is 3.91. The van der Waals surface area contributed by atoms with Gasteiger partial charge in [0.25, 0.3) is 0 Å². The van der Waals surface area contributed by atoms with Gasteiger partial charge in [0.1, 0.15) is 18.1 Å². The summed E-state index contributed by atoms with van der Waals surface area (Å²) in [4.78, 5) is 47.6. The second-order valence-corrected chi connectivity index (χ2v) is 7.27. The molecular weight excluding hydrogens is 356 g/mol. The number of nitrogens with one attached hydrogen (secondary N) is 3. The van der Waals surface area contributed by atoms with Crippen molar-refractivity contribution in [3.05, 3.63) is 0 Å². The summed E-state index contributed by atoms with van der Waals surface area (Å²) in [6.45, 7) is 7.90. The van der Waals surface area contributed by atoms with Crippen molar-refractivity contribution >= 4 is 23.7 Å². The predicted molar refractivity (Wildman–Crippen MR) is 98.5 cm³/mol. The molecule has 4 unspecified atom stereocenters. The number of carbonyl (C=O) groups excluding carboxylic acids is 3. The van der Waals surface area contributed by atoms with Crippen LogP contribution in [0.4, 0.5) is 0 Å². The van der Waals surface area contributed by atoms with E-state index in [2.05, 4.69) is 16.0 Å². The number of hydrogen-bond acceptors (Lipinski definition) is 6. The van der Waals surface area contributed by atoms with Gasteiger partial charge in [-0.3, -0.25) is 14.4 Å². The van der Waals surface area contributed by atoms with Gasteiger partial charge >= 0.3 is 5.97 Å². The van der Waals surface area contributed by atoms with E-state index >= 15 is 0 Å². The zero-order chi connectivity index (χ0) is 21.3. The molecule has 156 valence electrons. The summed E-state index contributed by atoms with van der Waals surface area (Å²) in [5, 5.41) is 25.1. The molecule has 4 atom stereocenters. The lowest BCUT2D eigenvalue weighted by Crippen LogP contribution is -2.57. The minimum Gasteiger partial charge on any atom is -0.480 e. The lowest BCUT2D eigenvalue weighted by Gasteiger charge is -2.24. The molecule has 27 heavy (non-hydrogen) atoms. The first-order valence-electron chi connectivity index (χ1n) is 8.91. The van der Waals surface area contributed by atoms with Crippen LogP contribution in [0.25, 0.3) is 0 Å². The molecule has 0 saturated carbocycles. The molecule has 3 amide bonds. The highest BCUT2D eigenvalue weighted by molar-refractivity contribution is 5.93. The molecule has 10 nitrogen and oxygen atoms in total. The first kappa shape index (κ1) is 24.8. The van der Waals surface area contributed by atoms with E-state index in [4.69, 9.17) is 15.9 Å². The second-order valence-electron chi connectivity index (χ2n) is 7.27. The van der Waals surface area contributed by atoms with Crippen molar-refractivity contribution in [2.24, 2.45) is 17.6 Å². The molecule has 7 N–H and O–H groups in total. The van der Waals surface area contributed by atoms with E-state index in [0.717, 1.165) is 0 Å². The van der Waals surface area contributed by atoms with Crippen molar-refractivity contribution in [2.75, 3.05) is 6.61 Å². The number of amides is 3. The van der Waals surface area contributed by atoms with Crippen LogP contribution in [0.5, 0.6) is 0 Å². The van der Waals surface area contributed by atoms with Crippen molar-refractivity contribution in [1.29, 1.82) is 0 Å². The molecule has 10 heteroatoms. The van der Waals surface area contributed by atoms with Crippen LogP contribution in [0, 0.1) is 11.8 Å². The van der Waals surface area contributed by atoms with Gasteiger partial charge in [-0.05, 0) is 25.2 Å². The van der Waals surface area contributed by atoms with Gasteiger partial charge in [-0.15, -0.1) is 0 Å². The first-order chi connectivity index (χ1) is 12.4. The molecule has 0 aromatic heterocycles. The SMILES string of the molecule is CC(C)CC(NC(=O)C(C)NC(=O)C(N)C(C)C)C(=O)NC(CO)C(=O)O. The summed E-state index contributed by atoms with van der Waals surface area (Å²) >= 11 is 0. The Balaban J connectivity index is 5.01. The molecule has 0 heterocycles. The summed E-state index contributed by atoms with van der Waals surface area (Å²) in [5.41, 5.74) is 5.74. The fraction of sp³-hybridized carbons (Fsp3) is 0.765. The zero-order valence-electron chi connectivity index (χ0n) is 16.5. The number of rotatable bonds is 11. The van der Waals surface area contributed by atoms with Gasteiger partial charge in [-0.2, -0.15) is 0 Å². The number of hydrogen-bond donors (Lipinski definition) is 6. The van der Waals surface area contributed by atoms with Crippen molar-refractivity contribution in [2.45, 2.75) is 65.2 Å². The Morgan fingerprint density at radius 2 is 1.37 bits per heavy atom. The summed E-state index contributed by atoms with van der Waals surface area (Å²) in [5.74, 6) is -3.27. The van der Waals surface area contributed by atoms with E-state index in [0.29, 0.717) is 0 Å². The van der Waals surface area contributed by atoms with Crippen LogP contribution in [0.1, 0.15) is 41.0 Å². The van der Waals surface area contributed by atoms with Gasteiger partial charge in [0.15, 0.2) is 0 Å². The van der Waals surface area contributed by atoms with Gasteiger partial charge in [-0.1, -0.05) is 27.7 Å². The van der Waals surface area contributed by atoms with Crippen LogP contribution in [0.15, 0.2) is 0 Å². The molecule has 0 rings (SSSR count). The molecule has 0 aromatic carbocycles. The Hall–Kier alpha value is -2.20. The van der Waals surface area contributed by atoms with Crippen LogP contribution in [0.3, 0.4) is 0 Å². The number of carbonyl (C=O) groups is 4. The summed E-state index contributed by atoms with van der Waals surface area (Å²) in [6, 6.07) is -4.18. The maximum Gasteiger partial charge on any atom is 0.328 e. The molecule has 0 fully saturated rings. The summed E-state index contributed by atoms with van der Waals surface area (Å²) in [6.07, 6.45) is 0.252. The number of aliphatic carboxylic acids is 1. The highest BCUT2D eigenvalue weighted by Crippen LogP contribution is 2.06. The van der Waals surface area contributed by atoms with E-state index in [1.165, 1.54) is 6.92 Å². The lowest BCUT2D eigenvalue weighted by atomic mass is 10.0. The number of aliphatic hydroxyl groups is 1. The van der Waals surface area contributed by atoms with Crippen LogP contribution in [-0.2, 0) is 19.2 Å². The molecule has 0 aliphatic heterocycles. The van der Waals surface area contributed by atoms with Crippen molar-refractivity contribution in [3.8, 4) is 0 Å². The maximum atomic E-state index is 12.3. The van der Waals surface area contributed by atoms with E-state index in [-0.39, 0.29) is 18.3 Å². The molecule has 0 aliphatic rings. The normalized spacial score (nSPS) is 15.6. The third kappa shape index (κ3) is 8.83. The molecule has 0 aromatic rings. The Bertz CT molecular complexity index is 538. The number of carboxylic acids is 1. The quantitative estimate of drug-likeness (QED) is 0.252. The van der Waals surface area contributed by atoms with Crippen molar-refractivity contribution in [3.63, 3.8) is 0 Å². The predicted octanol–water partition coefficient (Wildman–Crippen LogP) is -1.43. The number of carboxylic acid groups (broad SMARTS) is 1. The number of aliphatic hydroxyl groups excluding tert-OH is 1. The Morgan fingerprint density at radius 1 is 0.852 bits per heavy atom. The van der Waals surface area contributed by atoms with Gasteiger partial charge in [0.05, 0.1) is 12.6 Å². The van der Waals surface area contributed by atoms with Crippen LogP contribution in [0.2, 0.25) is 0 Å². The van der Waals surface area contributed by atoms with Crippen molar-refractivity contribution < 1.29 is 29.4 Å². The Labute approximate surface area is 159 Å². The largest absolute Gasteiger partial charge is 0.480 e. The Morgan fingerprint density at radius 3 is 1.78 bits per heavy atom. The Kier molecular flexibility index (Phi) is 10.6. The van der Waals surface area contributed by atoms with Crippen LogP contribution in [-0.4, -0.2) is 64.7 Å². The van der Waals surface area contributed by atoms with Gasteiger partial charge in [0, 0.05) is 0 Å². The fourth-order valence-corrected chi connectivity index (χ4v) is 2.14. The molecular formula is C17H32N4O6. The van der Waals surface area contributed by atoms with E-state index in [1.54, 1.807) is 13.8 Å².